The lowest BCUT2D eigenvalue weighted by Crippen LogP contribution is -2.11. The Hall–Kier alpha value is -3.71. The third-order valence-corrected chi connectivity index (χ3v) is 4.26. The van der Waals surface area contributed by atoms with Crippen molar-refractivity contribution >= 4 is 34.7 Å². The Labute approximate surface area is 171 Å². The van der Waals surface area contributed by atoms with Gasteiger partial charge in [-0.25, -0.2) is 0 Å². The summed E-state index contributed by atoms with van der Waals surface area (Å²) in [6.45, 7) is 1.33. The standard InChI is InChI=1S/C21H15ClN2O5/c1-13(25)15-4-11-20(19(12-15)24(27)28)29-18-9-7-17(8-10-18)23-21(26)14-2-5-16(22)6-3-14/h2-12H,1H3,(H,23,26). The molecule has 0 bridgehead atoms. The van der Waals surface area contributed by atoms with Crippen molar-refractivity contribution in [2.75, 3.05) is 5.32 Å². The van der Waals surface area contributed by atoms with Crippen LogP contribution in [0, 0.1) is 10.1 Å². The molecule has 0 saturated heterocycles. The van der Waals surface area contributed by atoms with Gasteiger partial charge in [-0.2, -0.15) is 0 Å². The molecule has 29 heavy (non-hydrogen) atoms. The van der Waals surface area contributed by atoms with E-state index in [1.54, 1.807) is 48.5 Å². The molecule has 0 fully saturated rings. The van der Waals surface area contributed by atoms with Gasteiger partial charge in [0.25, 0.3) is 5.91 Å². The van der Waals surface area contributed by atoms with Crippen LogP contribution in [0.3, 0.4) is 0 Å². The van der Waals surface area contributed by atoms with Gasteiger partial charge < -0.3 is 10.1 Å². The van der Waals surface area contributed by atoms with E-state index in [1.807, 2.05) is 0 Å². The number of nitrogens with one attached hydrogen (secondary N) is 1. The van der Waals surface area contributed by atoms with Crippen molar-refractivity contribution in [3.05, 3.63) is 93.0 Å². The summed E-state index contributed by atoms with van der Waals surface area (Å²) in [6.07, 6.45) is 0. The van der Waals surface area contributed by atoms with E-state index in [1.165, 1.54) is 25.1 Å². The zero-order valence-electron chi connectivity index (χ0n) is 15.2. The van der Waals surface area contributed by atoms with Gasteiger partial charge in [0.1, 0.15) is 5.75 Å². The summed E-state index contributed by atoms with van der Waals surface area (Å²) >= 11 is 5.81. The Morgan fingerprint density at radius 1 is 0.966 bits per heavy atom. The molecule has 146 valence electrons. The highest BCUT2D eigenvalue weighted by atomic mass is 35.5. The fraction of sp³-hybridized carbons (Fsp3) is 0.0476. The second-order valence-electron chi connectivity index (χ2n) is 6.08. The summed E-state index contributed by atoms with van der Waals surface area (Å²) in [5.74, 6) is -0.225. The highest BCUT2D eigenvalue weighted by Crippen LogP contribution is 2.32. The van der Waals surface area contributed by atoms with Crippen molar-refractivity contribution in [3.63, 3.8) is 0 Å². The van der Waals surface area contributed by atoms with E-state index in [4.69, 9.17) is 16.3 Å². The number of nitro benzene ring substituents is 1. The van der Waals surface area contributed by atoms with Gasteiger partial charge in [0.2, 0.25) is 5.75 Å². The Balaban J connectivity index is 1.74. The molecule has 1 N–H and O–H groups in total. The number of Topliss-reactive ketones (excluding diaryl/α,β-unsaturated/α-hetero) is 1. The van der Waals surface area contributed by atoms with E-state index in [-0.39, 0.29) is 28.7 Å². The lowest BCUT2D eigenvalue weighted by molar-refractivity contribution is -0.385. The maximum Gasteiger partial charge on any atom is 0.312 e. The van der Waals surface area contributed by atoms with Crippen molar-refractivity contribution in [2.45, 2.75) is 6.92 Å². The molecule has 3 rings (SSSR count). The summed E-state index contributed by atoms with van der Waals surface area (Å²) in [6, 6.07) is 16.8. The fourth-order valence-electron chi connectivity index (χ4n) is 2.50. The number of carbonyl (C=O) groups excluding carboxylic acids is 2. The van der Waals surface area contributed by atoms with Crippen molar-refractivity contribution in [2.24, 2.45) is 0 Å². The highest BCUT2D eigenvalue weighted by Gasteiger charge is 2.18. The molecule has 7 nitrogen and oxygen atoms in total. The number of nitrogens with zero attached hydrogens (tertiary/aromatic N) is 1. The second-order valence-corrected chi connectivity index (χ2v) is 6.52. The third-order valence-electron chi connectivity index (χ3n) is 4.01. The minimum Gasteiger partial charge on any atom is -0.450 e. The maximum atomic E-state index is 12.2. The van der Waals surface area contributed by atoms with Crippen LogP contribution >= 0.6 is 11.6 Å². The second kappa shape index (κ2) is 8.53. The lowest BCUT2D eigenvalue weighted by Gasteiger charge is -2.09. The van der Waals surface area contributed by atoms with E-state index in [9.17, 15) is 19.7 Å². The first kappa shape index (κ1) is 20.0. The van der Waals surface area contributed by atoms with E-state index in [0.717, 1.165) is 0 Å². The number of amides is 1. The van der Waals surface area contributed by atoms with Crippen molar-refractivity contribution in [1.82, 2.24) is 0 Å². The van der Waals surface area contributed by atoms with Gasteiger partial charge in [-0.05, 0) is 67.6 Å². The Morgan fingerprint density at radius 3 is 2.17 bits per heavy atom. The van der Waals surface area contributed by atoms with Crippen molar-refractivity contribution in [3.8, 4) is 11.5 Å². The third kappa shape index (κ3) is 4.97. The van der Waals surface area contributed by atoms with Gasteiger partial charge in [0.15, 0.2) is 5.78 Å². The van der Waals surface area contributed by atoms with Crippen LogP contribution in [0.4, 0.5) is 11.4 Å². The number of anilines is 1. The number of nitro groups is 1. The van der Waals surface area contributed by atoms with Crippen molar-refractivity contribution < 1.29 is 19.2 Å². The molecule has 1 amide bonds. The molecule has 3 aromatic rings. The number of ether oxygens (including phenoxy) is 1. The van der Waals surface area contributed by atoms with Gasteiger partial charge in [0.05, 0.1) is 4.92 Å². The minimum absolute atomic E-state index is 0.0120. The van der Waals surface area contributed by atoms with Crippen LogP contribution in [0.1, 0.15) is 27.6 Å². The summed E-state index contributed by atoms with van der Waals surface area (Å²) in [7, 11) is 0. The summed E-state index contributed by atoms with van der Waals surface area (Å²) in [4.78, 5) is 34.3. The van der Waals surface area contributed by atoms with E-state index in [2.05, 4.69) is 5.32 Å². The SMILES string of the molecule is CC(=O)c1ccc(Oc2ccc(NC(=O)c3ccc(Cl)cc3)cc2)c([N+](=O)[O-])c1. The molecule has 0 spiro atoms. The molecule has 3 aromatic carbocycles. The number of halogens is 1. The molecule has 0 radical (unpaired) electrons. The minimum atomic E-state index is -0.609. The van der Waals surface area contributed by atoms with Crippen LogP contribution in [0.25, 0.3) is 0 Å². The molecule has 0 aliphatic carbocycles. The Kier molecular flexibility index (Phi) is 5.90. The lowest BCUT2D eigenvalue weighted by atomic mass is 10.1. The molecule has 8 heteroatoms. The van der Waals surface area contributed by atoms with Crippen LogP contribution in [0.5, 0.6) is 11.5 Å². The number of carbonyl (C=O) groups is 2. The van der Waals surface area contributed by atoms with Gasteiger partial charge in [-0.3, -0.25) is 19.7 Å². The summed E-state index contributed by atoms with van der Waals surface area (Å²) in [5.41, 5.74) is 0.900. The van der Waals surface area contributed by atoms with E-state index < -0.39 is 4.92 Å². The number of rotatable bonds is 6. The largest absolute Gasteiger partial charge is 0.450 e. The normalized spacial score (nSPS) is 10.3. The molecule has 0 aliphatic heterocycles. The summed E-state index contributed by atoms with van der Waals surface area (Å²) in [5, 5.41) is 14.5. The fourth-order valence-corrected chi connectivity index (χ4v) is 2.63. The highest BCUT2D eigenvalue weighted by molar-refractivity contribution is 6.30. The first-order valence-electron chi connectivity index (χ1n) is 8.48. The molecule has 0 saturated carbocycles. The van der Waals surface area contributed by atoms with Gasteiger partial charge in [-0.15, -0.1) is 0 Å². The first-order chi connectivity index (χ1) is 13.8. The van der Waals surface area contributed by atoms with Gasteiger partial charge in [-0.1, -0.05) is 11.6 Å². The van der Waals surface area contributed by atoms with Crippen LogP contribution in [0.15, 0.2) is 66.7 Å². The monoisotopic (exact) mass is 410 g/mol. The number of ketones is 1. The number of benzene rings is 3. The van der Waals surface area contributed by atoms with Crippen molar-refractivity contribution in [1.29, 1.82) is 0 Å². The average Bonchev–Trinajstić information content (AvgIpc) is 2.70. The first-order valence-corrected chi connectivity index (χ1v) is 8.85. The molecule has 0 aromatic heterocycles. The van der Waals surface area contributed by atoms with Crippen LogP contribution < -0.4 is 10.1 Å². The zero-order chi connectivity index (χ0) is 21.0. The smallest absolute Gasteiger partial charge is 0.312 e. The Bertz CT molecular complexity index is 1080. The predicted molar refractivity (Wildman–Crippen MR) is 109 cm³/mol. The predicted octanol–water partition coefficient (Wildman–Crippen LogP) is 5.50. The molecule has 0 unspecified atom stereocenters. The maximum absolute atomic E-state index is 12.2. The van der Waals surface area contributed by atoms with Crippen LogP contribution in [-0.2, 0) is 0 Å². The Morgan fingerprint density at radius 2 is 1.59 bits per heavy atom. The van der Waals surface area contributed by atoms with E-state index >= 15 is 0 Å². The average molecular weight is 411 g/mol. The molecular formula is C21H15ClN2O5. The molecule has 0 atom stereocenters. The number of hydrogen-bond donors (Lipinski definition) is 1. The van der Waals surface area contributed by atoms with Gasteiger partial charge in [0, 0.05) is 27.9 Å². The topological polar surface area (TPSA) is 98.5 Å². The number of hydrogen-bond acceptors (Lipinski definition) is 5. The molecular weight excluding hydrogens is 396 g/mol. The van der Waals surface area contributed by atoms with Crippen LogP contribution in [-0.4, -0.2) is 16.6 Å². The molecule has 0 heterocycles. The summed E-state index contributed by atoms with van der Waals surface area (Å²) < 4.78 is 5.58. The van der Waals surface area contributed by atoms with E-state index in [0.29, 0.717) is 22.0 Å². The molecule has 0 aliphatic rings. The zero-order valence-corrected chi connectivity index (χ0v) is 16.0. The van der Waals surface area contributed by atoms with Gasteiger partial charge >= 0.3 is 5.69 Å². The van der Waals surface area contributed by atoms with Crippen LogP contribution in [0.2, 0.25) is 5.02 Å². The quantitative estimate of drug-likeness (QED) is 0.329.